The summed E-state index contributed by atoms with van der Waals surface area (Å²) in [4.78, 5) is 1.16. The molecule has 1 N–H and O–H groups in total. The van der Waals surface area contributed by atoms with Gasteiger partial charge in [-0.3, -0.25) is 0 Å². The summed E-state index contributed by atoms with van der Waals surface area (Å²) in [7, 11) is 0. The Kier molecular flexibility index (Phi) is 4.56. The van der Waals surface area contributed by atoms with Crippen molar-refractivity contribution in [3.05, 3.63) is 40.9 Å². The van der Waals surface area contributed by atoms with E-state index < -0.39 is 0 Å². The highest BCUT2D eigenvalue weighted by Gasteiger charge is 1.96. The minimum atomic E-state index is 0.101. The number of rotatable bonds is 4. The van der Waals surface area contributed by atoms with E-state index in [4.69, 9.17) is 5.11 Å². The largest absolute Gasteiger partial charge is 0.392 e. The normalized spacial score (nSPS) is 10.0. The first kappa shape index (κ1) is 10.8. The van der Waals surface area contributed by atoms with Gasteiger partial charge in [0.2, 0.25) is 0 Å². The van der Waals surface area contributed by atoms with Gasteiger partial charge in [-0.25, -0.2) is 0 Å². The van der Waals surface area contributed by atoms with E-state index in [1.54, 1.807) is 11.8 Å². The van der Waals surface area contributed by atoms with E-state index in [2.05, 4.69) is 22.5 Å². The molecule has 0 heterocycles. The molecule has 1 aromatic rings. The van der Waals surface area contributed by atoms with Crippen LogP contribution in [0.2, 0.25) is 0 Å². The van der Waals surface area contributed by atoms with Gasteiger partial charge in [0.1, 0.15) is 0 Å². The quantitative estimate of drug-likeness (QED) is 0.838. The van der Waals surface area contributed by atoms with Crippen molar-refractivity contribution >= 4 is 27.7 Å². The number of thioether (sulfide) groups is 1. The Morgan fingerprint density at radius 3 is 2.92 bits per heavy atom. The third-order valence-electron chi connectivity index (χ3n) is 1.48. The number of hydrogen-bond donors (Lipinski definition) is 1. The average molecular weight is 259 g/mol. The van der Waals surface area contributed by atoms with Gasteiger partial charge >= 0.3 is 0 Å². The number of benzene rings is 1. The molecule has 13 heavy (non-hydrogen) atoms. The Labute approximate surface area is 91.0 Å². The monoisotopic (exact) mass is 258 g/mol. The lowest BCUT2D eigenvalue weighted by Gasteiger charge is -2.01. The maximum atomic E-state index is 8.90. The van der Waals surface area contributed by atoms with E-state index in [1.807, 2.05) is 24.3 Å². The maximum absolute atomic E-state index is 8.90. The zero-order valence-corrected chi connectivity index (χ0v) is 9.57. The van der Waals surface area contributed by atoms with Crippen LogP contribution in [0.25, 0.3) is 0 Å². The zero-order valence-electron chi connectivity index (χ0n) is 7.16. The molecule has 1 nitrogen and oxygen atoms in total. The smallest absolute Gasteiger partial charge is 0.0682 e. The van der Waals surface area contributed by atoms with E-state index >= 15 is 0 Å². The van der Waals surface area contributed by atoms with Crippen LogP contribution in [0.4, 0.5) is 0 Å². The number of hydrogen-bond acceptors (Lipinski definition) is 2. The van der Waals surface area contributed by atoms with Crippen LogP contribution in [-0.2, 0) is 6.61 Å². The Bertz CT molecular complexity index is 299. The first-order valence-electron chi connectivity index (χ1n) is 3.88. The van der Waals surface area contributed by atoms with E-state index in [1.165, 1.54) is 0 Å². The van der Waals surface area contributed by atoms with Crippen LogP contribution in [0, 0.1) is 0 Å². The molecule has 1 aromatic carbocycles. The van der Waals surface area contributed by atoms with Crippen molar-refractivity contribution in [3.63, 3.8) is 0 Å². The van der Waals surface area contributed by atoms with E-state index in [9.17, 15) is 0 Å². The van der Waals surface area contributed by atoms with Crippen LogP contribution < -0.4 is 0 Å². The second-order valence-electron chi connectivity index (χ2n) is 2.61. The first-order valence-corrected chi connectivity index (χ1v) is 5.66. The highest BCUT2D eigenvalue weighted by Crippen LogP contribution is 2.22. The minimum absolute atomic E-state index is 0.101. The van der Waals surface area contributed by atoms with Gasteiger partial charge < -0.3 is 5.11 Å². The van der Waals surface area contributed by atoms with Crippen molar-refractivity contribution < 1.29 is 5.11 Å². The SMILES string of the molecule is C=C(Br)CSc1cccc(CO)c1. The molecule has 0 aliphatic heterocycles. The van der Waals surface area contributed by atoms with Crippen molar-refractivity contribution in [2.75, 3.05) is 5.75 Å². The Balaban J connectivity index is 2.61. The highest BCUT2D eigenvalue weighted by atomic mass is 79.9. The zero-order chi connectivity index (χ0) is 9.68. The van der Waals surface area contributed by atoms with Gasteiger partial charge in [-0.1, -0.05) is 34.6 Å². The molecule has 0 spiro atoms. The first-order chi connectivity index (χ1) is 6.22. The molecular weight excluding hydrogens is 248 g/mol. The van der Waals surface area contributed by atoms with Gasteiger partial charge in [0.25, 0.3) is 0 Å². The molecule has 70 valence electrons. The molecule has 0 unspecified atom stereocenters. The Morgan fingerprint density at radius 2 is 2.31 bits per heavy atom. The van der Waals surface area contributed by atoms with Crippen molar-refractivity contribution in [2.24, 2.45) is 0 Å². The predicted molar refractivity (Wildman–Crippen MR) is 61.2 cm³/mol. The summed E-state index contributed by atoms with van der Waals surface area (Å²) in [6, 6.07) is 7.87. The van der Waals surface area contributed by atoms with Crippen LogP contribution >= 0.6 is 27.7 Å². The van der Waals surface area contributed by atoms with Crippen LogP contribution in [0.1, 0.15) is 5.56 Å². The van der Waals surface area contributed by atoms with E-state index in [0.717, 1.165) is 20.7 Å². The molecule has 0 fully saturated rings. The van der Waals surface area contributed by atoms with Crippen LogP contribution in [0.3, 0.4) is 0 Å². The van der Waals surface area contributed by atoms with Crippen molar-refractivity contribution in [1.82, 2.24) is 0 Å². The fourth-order valence-corrected chi connectivity index (χ4v) is 1.97. The van der Waals surface area contributed by atoms with Crippen molar-refractivity contribution in [3.8, 4) is 0 Å². The minimum Gasteiger partial charge on any atom is -0.392 e. The highest BCUT2D eigenvalue weighted by molar-refractivity contribution is 9.11. The van der Waals surface area contributed by atoms with Crippen molar-refractivity contribution in [1.29, 1.82) is 0 Å². The number of halogens is 1. The molecule has 3 heteroatoms. The number of aliphatic hydroxyl groups excluding tert-OH is 1. The lowest BCUT2D eigenvalue weighted by Crippen LogP contribution is -1.83. The molecule has 0 aromatic heterocycles. The van der Waals surface area contributed by atoms with Crippen molar-refractivity contribution in [2.45, 2.75) is 11.5 Å². The average Bonchev–Trinajstić information content (AvgIpc) is 2.15. The molecule has 0 bridgehead atoms. The predicted octanol–water partition coefficient (Wildman–Crippen LogP) is 3.18. The fourth-order valence-electron chi connectivity index (χ4n) is 0.895. The summed E-state index contributed by atoms with van der Waals surface area (Å²) < 4.78 is 0.979. The summed E-state index contributed by atoms with van der Waals surface area (Å²) >= 11 is 5.00. The lowest BCUT2D eigenvalue weighted by atomic mass is 10.2. The molecule has 0 aliphatic rings. The molecule has 0 radical (unpaired) electrons. The lowest BCUT2D eigenvalue weighted by molar-refractivity contribution is 0.281. The molecule has 0 aliphatic carbocycles. The van der Waals surface area contributed by atoms with Crippen LogP contribution in [0.5, 0.6) is 0 Å². The van der Waals surface area contributed by atoms with Crippen LogP contribution in [0.15, 0.2) is 40.2 Å². The molecular formula is C10H11BrOS. The molecule has 0 saturated heterocycles. The summed E-state index contributed by atoms with van der Waals surface area (Å²) in [5.41, 5.74) is 0.949. The third kappa shape index (κ3) is 3.98. The van der Waals surface area contributed by atoms with E-state index in [0.29, 0.717) is 0 Å². The van der Waals surface area contributed by atoms with Gasteiger partial charge in [0.05, 0.1) is 6.61 Å². The molecule has 0 atom stereocenters. The molecule has 0 saturated carbocycles. The summed E-state index contributed by atoms with van der Waals surface area (Å²) in [6.07, 6.45) is 0. The summed E-state index contributed by atoms with van der Waals surface area (Å²) in [5, 5.41) is 8.90. The van der Waals surface area contributed by atoms with Crippen LogP contribution in [-0.4, -0.2) is 10.9 Å². The van der Waals surface area contributed by atoms with E-state index in [-0.39, 0.29) is 6.61 Å². The molecule has 1 rings (SSSR count). The standard InChI is InChI=1S/C10H11BrOS/c1-8(11)7-13-10-4-2-3-9(5-10)6-12/h2-5,12H,1,6-7H2. The topological polar surface area (TPSA) is 20.2 Å². The third-order valence-corrected chi connectivity index (χ3v) is 3.21. The van der Waals surface area contributed by atoms with Gasteiger partial charge in [-0.2, -0.15) is 0 Å². The Morgan fingerprint density at radius 1 is 1.54 bits per heavy atom. The van der Waals surface area contributed by atoms with Gasteiger partial charge in [0.15, 0.2) is 0 Å². The number of aliphatic hydroxyl groups is 1. The molecule has 0 amide bonds. The summed E-state index contributed by atoms with van der Waals surface area (Å²) in [5.74, 6) is 0.856. The maximum Gasteiger partial charge on any atom is 0.0682 e. The van der Waals surface area contributed by atoms with Gasteiger partial charge in [-0.05, 0) is 22.2 Å². The fraction of sp³-hybridized carbons (Fsp3) is 0.200. The second kappa shape index (κ2) is 5.47. The second-order valence-corrected chi connectivity index (χ2v) is 4.78. The summed E-state index contributed by atoms with van der Waals surface area (Å²) in [6.45, 7) is 3.86. The van der Waals surface area contributed by atoms with Gasteiger partial charge in [0, 0.05) is 10.6 Å². The van der Waals surface area contributed by atoms with Gasteiger partial charge in [-0.15, -0.1) is 11.8 Å². The Hall–Kier alpha value is -0.250.